The molecule has 0 unspecified atom stereocenters. The summed E-state index contributed by atoms with van der Waals surface area (Å²) in [6.45, 7) is 4.10. The van der Waals surface area contributed by atoms with E-state index in [4.69, 9.17) is 4.42 Å². The van der Waals surface area contributed by atoms with E-state index in [1.165, 1.54) is 5.56 Å². The van der Waals surface area contributed by atoms with Crippen LogP contribution in [0.3, 0.4) is 0 Å². The maximum atomic E-state index is 5.70. The van der Waals surface area contributed by atoms with Crippen LogP contribution < -0.4 is 5.32 Å². The van der Waals surface area contributed by atoms with Crippen molar-refractivity contribution in [3.8, 4) is 0 Å². The van der Waals surface area contributed by atoms with Crippen LogP contribution in [0.15, 0.2) is 40.8 Å². The minimum Gasteiger partial charge on any atom is -0.423 e. The summed E-state index contributed by atoms with van der Waals surface area (Å²) in [5.74, 6) is 0. The van der Waals surface area contributed by atoms with Crippen LogP contribution in [-0.4, -0.2) is 9.97 Å². The quantitative estimate of drug-likeness (QED) is 0.577. The van der Waals surface area contributed by atoms with E-state index < -0.39 is 0 Å². The molecule has 0 fully saturated rings. The molecule has 4 nitrogen and oxygen atoms in total. The predicted octanol–water partition coefficient (Wildman–Crippen LogP) is 4.80. The van der Waals surface area contributed by atoms with E-state index in [1.807, 2.05) is 31.2 Å². The Morgan fingerprint density at radius 3 is 2.86 bits per heavy atom. The molecule has 2 heterocycles. The molecule has 1 N–H and O–H groups in total. The zero-order chi connectivity index (χ0) is 14.4. The summed E-state index contributed by atoms with van der Waals surface area (Å²) >= 11 is 1.60. The number of aromatic nitrogens is 2. The number of benzene rings is 2. The SMILES string of the molecule is Cc1ccc2oc(Nc3nc4c(C)cccc4s3)nc2c1. The average Bonchev–Trinajstić information content (AvgIpc) is 3.02. The van der Waals surface area contributed by atoms with E-state index in [9.17, 15) is 0 Å². The fourth-order valence-corrected chi connectivity index (χ4v) is 3.26. The van der Waals surface area contributed by atoms with Crippen LogP contribution in [0.25, 0.3) is 21.3 Å². The summed E-state index contributed by atoms with van der Waals surface area (Å²) in [5.41, 5.74) is 5.00. The number of aryl methyl sites for hydroxylation is 2. The van der Waals surface area contributed by atoms with E-state index >= 15 is 0 Å². The molecule has 2 aromatic heterocycles. The fraction of sp³-hybridized carbons (Fsp3) is 0.125. The summed E-state index contributed by atoms with van der Waals surface area (Å²) in [5, 5.41) is 3.95. The molecular weight excluding hydrogens is 282 g/mol. The Hall–Kier alpha value is -2.40. The zero-order valence-electron chi connectivity index (χ0n) is 11.7. The second kappa shape index (κ2) is 4.56. The summed E-state index contributed by atoms with van der Waals surface area (Å²) in [4.78, 5) is 9.05. The normalized spacial score (nSPS) is 11.3. The molecule has 0 atom stereocenters. The Balaban J connectivity index is 1.73. The van der Waals surface area contributed by atoms with Crippen LogP contribution in [-0.2, 0) is 0 Å². The lowest BCUT2D eigenvalue weighted by atomic mass is 10.2. The van der Waals surface area contributed by atoms with E-state index in [0.29, 0.717) is 6.01 Å². The number of hydrogen-bond donors (Lipinski definition) is 1. The molecule has 104 valence electrons. The van der Waals surface area contributed by atoms with Gasteiger partial charge in [-0.25, -0.2) is 4.98 Å². The number of anilines is 2. The first-order valence-corrected chi connectivity index (χ1v) is 7.51. The summed E-state index contributed by atoms with van der Waals surface area (Å²) in [7, 11) is 0. The molecule has 0 spiro atoms. The second-order valence-electron chi connectivity index (χ2n) is 5.06. The second-order valence-corrected chi connectivity index (χ2v) is 6.09. The molecule has 0 aliphatic carbocycles. The number of thiazole rings is 1. The highest BCUT2D eigenvalue weighted by atomic mass is 32.1. The third kappa shape index (κ3) is 2.15. The summed E-state index contributed by atoms with van der Waals surface area (Å²) < 4.78 is 6.85. The molecule has 0 radical (unpaired) electrons. The van der Waals surface area contributed by atoms with Gasteiger partial charge in [-0.15, -0.1) is 0 Å². The highest BCUT2D eigenvalue weighted by Gasteiger charge is 2.10. The third-order valence-electron chi connectivity index (χ3n) is 3.38. The topological polar surface area (TPSA) is 51.0 Å². The molecule has 4 aromatic rings. The van der Waals surface area contributed by atoms with Gasteiger partial charge in [0.15, 0.2) is 10.7 Å². The van der Waals surface area contributed by atoms with Crippen molar-refractivity contribution < 1.29 is 4.42 Å². The van der Waals surface area contributed by atoms with Crippen molar-refractivity contribution in [2.24, 2.45) is 0 Å². The Morgan fingerprint density at radius 2 is 2.00 bits per heavy atom. The number of nitrogens with zero attached hydrogens (tertiary/aromatic N) is 2. The Bertz CT molecular complexity index is 955. The van der Waals surface area contributed by atoms with Crippen molar-refractivity contribution in [3.05, 3.63) is 47.5 Å². The van der Waals surface area contributed by atoms with Gasteiger partial charge in [-0.2, -0.15) is 4.98 Å². The Morgan fingerprint density at radius 1 is 1.10 bits per heavy atom. The molecular formula is C16H13N3OS. The third-order valence-corrected chi connectivity index (χ3v) is 4.31. The minimum atomic E-state index is 0.479. The lowest BCUT2D eigenvalue weighted by Gasteiger charge is -1.93. The largest absolute Gasteiger partial charge is 0.423 e. The van der Waals surface area contributed by atoms with Crippen LogP contribution in [0.4, 0.5) is 11.1 Å². The Labute approximate surface area is 125 Å². The van der Waals surface area contributed by atoms with Crippen LogP contribution in [0, 0.1) is 13.8 Å². The molecule has 0 bridgehead atoms. The lowest BCUT2D eigenvalue weighted by Crippen LogP contribution is -1.88. The molecule has 0 amide bonds. The first-order chi connectivity index (χ1) is 10.2. The molecule has 0 aliphatic rings. The van der Waals surface area contributed by atoms with Gasteiger partial charge in [0.1, 0.15) is 5.52 Å². The highest BCUT2D eigenvalue weighted by Crippen LogP contribution is 2.30. The molecule has 21 heavy (non-hydrogen) atoms. The first-order valence-electron chi connectivity index (χ1n) is 6.69. The number of fused-ring (bicyclic) bond motifs is 2. The maximum absolute atomic E-state index is 5.70. The molecule has 0 saturated carbocycles. The van der Waals surface area contributed by atoms with Crippen molar-refractivity contribution in [2.75, 3.05) is 5.32 Å². The average molecular weight is 295 g/mol. The number of hydrogen-bond acceptors (Lipinski definition) is 5. The molecule has 4 rings (SSSR count). The predicted molar refractivity (Wildman–Crippen MR) is 86.4 cm³/mol. The van der Waals surface area contributed by atoms with Gasteiger partial charge >= 0.3 is 6.01 Å². The maximum Gasteiger partial charge on any atom is 0.302 e. The van der Waals surface area contributed by atoms with Gasteiger partial charge in [0.05, 0.1) is 10.2 Å². The van der Waals surface area contributed by atoms with Crippen LogP contribution in [0.2, 0.25) is 0 Å². The van der Waals surface area contributed by atoms with Crippen molar-refractivity contribution in [3.63, 3.8) is 0 Å². The van der Waals surface area contributed by atoms with Crippen molar-refractivity contribution in [1.82, 2.24) is 9.97 Å². The van der Waals surface area contributed by atoms with Gasteiger partial charge < -0.3 is 4.42 Å². The Kier molecular flexibility index (Phi) is 2.68. The van der Waals surface area contributed by atoms with Gasteiger partial charge in [0.2, 0.25) is 0 Å². The molecule has 0 aliphatic heterocycles. The monoisotopic (exact) mass is 295 g/mol. The zero-order valence-corrected chi connectivity index (χ0v) is 12.5. The number of para-hydroxylation sites is 1. The van der Waals surface area contributed by atoms with Gasteiger partial charge in [-0.3, -0.25) is 5.32 Å². The van der Waals surface area contributed by atoms with Crippen molar-refractivity contribution >= 4 is 43.8 Å². The molecule has 2 aromatic carbocycles. The highest BCUT2D eigenvalue weighted by molar-refractivity contribution is 7.22. The van der Waals surface area contributed by atoms with Crippen LogP contribution in [0.1, 0.15) is 11.1 Å². The van der Waals surface area contributed by atoms with Crippen LogP contribution in [0.5, 0.6) is 0 Å². The summed E-state index contributed by atoms with van der Waals surface area (Å²) in [6.07, 6.45) is 0. The fourth-order valence-electron chi connectivity index (χ4n) is 2.32. The van der Waals surface area contributed by atoms with Crippen molar-refractivity contribution in [2.45, 2.75) is 13.8 Å². The molecule has 5 heteroatoms. The number of oxazole rings is 1. The first kappa shape index (κ1) is 12.3. The summed E-state index contributed by atoms with van der Waals surface area (Å²) in [6, 6.07) is 12.6. The minimum absolute atomic E-state index is 0.479. The number of nitrogens with one attached hydrogen (secondary N) is 1. The number of rotatable bonds is 2. The van der Waals surface area contributed by atoms with Gasteiger partial charge in [0, 0.05) is 0 Å². The van der Waals surface area contributed by atoms with E-state index in [-0.39, 0.29) is 0 Å². The van der Waals surface area contributed by atoms with Crippen LogP contribution >= 0.6 is 11.3 Å². The lowest BCUT2D eigenvalue weighted by molar-refractivity contribution is 0.623. The van der Waals surface area contributed by atoms with Gasteiger partial charge in [-0.1, -0.05) is 29.5 Å². The standard InChI is InChI=1S/C16H13N3OS/c1-9-6-7-12-11(8-9)17-15(20-12)19-16-18-14-10(2)4-3-5-13(14)21-16/h3-8H,1-2H3,(H,17,18,19). The van der Waals surface area contributed by atoms with E-state index in [2.05, 4.69) is 34.3 Å². The van der Waals surface area contributed by atoms with E-state index in [0.717, 1.165) is 32.0 Å². The van der Waals surface area contributed by atoms with Gasteiger partial charge in [-0.05, 0) is 43.2 Å². The van der Waals surface area contributed by atoms with Gasteiger partial charge in [0.25, 0.3) is 0 Å². The van der Waals surface area contributed by atoms with E-state index in [1.54, 1.807) is 11.3 Å². The smallest absolute Gasteiger partial charge is 0.302 e. The van der Waals surface area contributed by atoms with Crippen molar-refractivity contribution in [1.29, 1.82) is 0 Å². The molecule has 0 saturated heterocycles.